The second kappa shape index (κ2) is 6.04. The molecule has 0 radical (unpaired) electrons. The molecule has 1 fully saturated rings. The van der Waals surface area contributed by atoms with Gasteiger partial charge in [-0.2, -0.15) is 5.10 Å². The molecular weight excluding hydrogens is 282 g/mol. The highest BCUT2D eigenvalue weighted by molar-refractivity contribution is 5.50. The first-order chi connectivity index (χ1) is 10.9. The summed E-state index contributed by atoms with van der Waals surface area (Å²) in [6.07, 6.45) is 6.29. The highest BCUT2D eigenvalue weighted by Gasteiger charge is 2.22. The lowest BCUT2D eigenvalue weighted by atomic mass is 10.0. The monoisotopic (exact) mass is 303 g/mol. The molecule has 22 heavy (non-hydrogen) atoms. The summed E-state index contributed by atoms with van der Waals surface area (Å²) in [7, 11) is 0. The Balaban J connectivity index is 1.47. The highest BCUT2D eigenvalue weighted by atomic mass is 16.5. The van der Waals surface area contributed by atoms with Crippen molar-refractivity contribution in [1.82, 2.24) is 30.4 Å². The summed E-state index contributed by atoms with van der Waals surface area (Å²) in [4.78, 5) is 2.31. The smallest absolute Gasteiger partial charge is 0.170 e. The number of nitrogens with one attached hydrogen (secondary N) is 1. The minimum Gasteiger partial charge on any atom is -0.381 e. The Morgan fingerprint density at radius 2 is 2.23 bits per heavy atom. The van der Waals surface area contributed by atoms with E-state index in [4.69, 9.17) is 4.74 Å². The Hall–Kier alpha value is -1.96. The molecule has 2 aromatic heterocycles. The SMILES string of the molecule is c1n[nH]c2c1N(Cc1nnnn1CC1CCOCC1)CCC2. The molecule has 2 aliphatic rings. The minimum absolute atomic E-state index is 0.613. The van der Waals surface area contributed by atoms with Crippen molar-refractivity contribution in [3.05, 3.63) is 17.7 Å². The molecule has 0 atom stereocenters. The molecular formula is C14H21N7O. The van der Waals surface area contributed by atoms with Crippen molar-refractivity contribution in [1.29, 1.82) is 0 Å². The molecule has 118 valence electrons. The van der Waals surface area contributed by atoms with Crippen LogP contribution in [-0.2, 0) is 24.2 Å². The van der Waals surface area contributed by atoms with Gasteiger partial charge in [-0.05, 0) is 42.0 Å². The molecule has 0 unspecified atom stereocenters. The third-order valence-electron chi connectivity index (χ3n) is 4.60. The number of ether oxygens (including phenoxy) is 1. The molecule has 0 aromatic carbocycles. The van der Waals surface area contributed by atoms with Crippen LogP contribution in [0.4, 0.5) is 5.69 Å². The third kappa shape index (κ3) is 2.70. The van der Waals surface area contributed by atoms with Gasteiger partial charge in [-0.25, -0.2) is 4.68 Å². The quantitative estimate of drug-likeness (QED) is 0.898. The van der Waals surface area contributed by atoms with Crippen LogP contribution in [0, 0.1) is 5.92 Å². The third-order valence-corrected chi connectivity index (χ3v) is 4.60. The van der Waals surface area contributed by atoms with Gasteiger partial charge in [0.05, 0.1) is 24.1 Å². The fourth-order valence-corrected chi connectivity index (χ4v) is 3.32. The summed E-state index contributed by atoms with van der Waals surface area (Å²) in [5, 5.41) is 19.5. The number of nitrogens with zero attached hydrogens (tertiary/aromatic N) is 6. The summed E-state index contributed by atoms with van der Waals surface area (Å²) in [5.74, 6) is 1.54. The van der Waals surface area contributed by atoms with Crippen LogP contribution < -0.4 is 4.90 Å². The summed E-state index contributed by atoms with van der Waals surface area (Å²) >= 11 is 0. The van der Waals surface area contributed by atoms with Gasteiger partial charge in [0.15, 0.2) is 5.82 Å². The number of fused-ring (bicyclic) bond motifs is 1. The van der Waals surface area contributed by atoms with Gasteiger partial charge in [-0.15, -0.1) is 5.10 Å². The highest BCUT2D eigenvalue weighted by Crippen LogP contribution is 2.26. The van der Waals surface area contributed by atoms with Gasteiger partial charge in [-0.1, -0.05) is 0 Å². The Morgan fingerprint density at radius 3 is 3.14 bits per heavy atom. The van der Waals surface area contributed by atoms with Gasteiger partial charge in [0.2, 0.25) is 0 Å². The fourth-order valence-electron chi connectivity index (χ4n) is 3.32. The van der Waals surface area contributed by atoms with Crippen molar-refractivity contribution in [3.63, 3.8) is 0 Å². The van der Waals surface area contributed by atoms with E-state index in [1.54, 1.807) is 0 Å². The zero-order valence-electron chi connectivity index (χ0n) is 12.6. The van der Waals surface area contributed by atoms with E-state index in [1.165, 1.54) is 11.4 Å². The Bertz CT molecular complexity index is 616. The van der Waals surface area contributed by atoms with Crippen molar-refractivity contribution in [3.8, 4) is 0 Å². The fraction of sp³-hybridized carbons (Fsp3) is 0.714. The van der Waals surface area contributed by atoms with Crippen LogP contribution in [-0.4, -0.2) is 50.2 Å². The second-order valence-corrected chi connectivity index (χ2v) is 6.09. The van der Waals surface area contributed by atoms with Gasteiger partial charge < -0.3 is 9.64 Å². The predicted octanol–water partition coefficient (Wildman–Crippen LogP) is 0.776. The van der Waals surface area contributed by atoms with Crippen molar-refractivity contribution < 1.29 is 4.74 Å². The maximum absolute atomic E-state index is 5.42. The van der Waals surface area contributed by atoms with Crippen LogP contribution in [0.2, 0.25) is 0 Å². The largest absolute Gasteiger partial charge is 0.381 e. The first-order valence-electron chi connectivity index (χ1n) is 8.00. The van der Waals surface area contributed by atoms with Crippen molar-refractivity contribution >= 4 is 5.69 Å². The van der Waals surface area contributed by atoms with Gasteiger partial charge in [-0.3, -0.25) is 5.10 Å². The summed E-state index contributed by atoms with van der Waals surface area (Å²) in [5.41, 5.74) is 2.40. The lowest BCUT2D eigenvalue weighted by Gasteiger charge is -2.28. The average molecular weight is 303 g/mol. The number of H-pyrrole nitrogens is 1. The molecule has 0 saturated carbocycles. The Labute approximate surface area is 128 Å². The van der Waals surface area contributed by atoms with Crippen LogP contribution in [0.5, 0.6) is 0 Å². The number of aromatic nitrogens is 6. The first kappa shape index (κ1) is 13.7. The summed E-state index contributed by atoms with van der Waals surface area (Å²) in [6, 6.07) is 0. The molecule has 8 heteroatoms. The van der Waals surface area contributed by atoms with E-state index < -0.39 is 0 Å². The lowest BCUT2D eigenvalue weighted by Crippen LogP contribution is -2.30. The summed E-state index contributed by atoms with van der Waals surface area (Å²) in [6.45, 7) is 4.36. The molecule has 0 aliphatic carbocycles. The number of rotatable bonds is 4. The van der Waals surface area contributed by atoms with Gasteiger partial charge in [0.1, 0.15) is 0 Å². The first-order valence-corrected chi connectivity index (χ1v) is 8.00. The van der Waals surface area contributed by atoms with Crippen LogP contribution in [0.25, 0.3) is 0 Å². The van der Waals surface area contributed by atoms with E-state index in [2.05, 4.69) is 30.6 Å². The van der Waals surface area contributed by atoms with E-state index in [0.717, 1.165) is 64.4 Å². The number of hydrogen-bond acceptors (Lipinski definition) is 6. The van der Waals surface area contributed by atoms with Gasteiger partial charge in [0, 0.05) is 26.3 Å². The molecule has 8 nitrogen and oxygen atoms in total. The van der Waals surface area contributed by atoms with Crippen molar-refractivity contribution in [2.45, 2.75) is 38.8 Å². The van der Waals surface area contributed by atoms with E-state index in [-0.39, 0.29) is 0 Å². The van der Waals surface area contributed by atoms with Crippen LogP contribution in [0.3, 0.4) is 0 Å². The standard InChI is InChI=1S/C14H21N7O/c1-2-12-13(8-15-16-12)20(5-1)10-14-17-18-19-21(14)9-11-3-6-22-7-4-11/h8,11H,1-7,9-10H2,(H,15,16). The molecule has 0 amide bonds. The van der Waals surface area contributed by atoms with Gasteiger partial charge >= 0.3 is 0 Å². The Morgan fingerprint density at radius 1 is 1.32 bits per heavy atom. The normalized spacial score (nSPS) is 19.4. The molecule has 1 saturated heterocycles. The predicted molar refractivity (Wildman–Crippen MR) is 79.3 cm³/mol. The number of hydrogen-bond donors (Lipinski definition) is 1. The molecule has 0 bridgehead atoms. The minimum atomic E-state index is 0.613. The van der Waals surface area contributed by atoms with E-state index >= 15 is 0 Å². The molecule has 2 aromatic rings. The zero-order valence-corrected chi connectivity index (χ0v) is 12.6. The van der Waals surface area contributed by atoms with Gasteiger partial charge in [0.25, 0.3) is 0 Å². The number of aromatic amines is 1. The molecule has 1 N–H and O–H groups in total. The van der Waals surface area contributed by atoms with Crippen LogP contribution in [0.15, 0.2) is 6.20 Å². The number of tetrazole rings is 1. The molecule has 0 spiro atoms. The van der Waals surface area contributed by atoms with Crippen molar-refractivity contribution in [2.24, 2.45) is 5.92 Å². The number of aryl methyl sites for hydroxylation is 1. The maximum Gasteiger partial charge on any atom is 0.170 e. The second-order valence-electron chi connectivity index (χ2n) is 6.09. The molecule has 4 rings (SSSR count). The van der Waals surface area contributed by atoms with Crippen LogP contribution in [0.1, 0.15) is 30.8 Å². The van der Waals surface area contributed by atoms with E-state index in [1.807, 2.05) is 10.9 Å². The summed E-state index contributed by atoms with van der Waals surface area (Å²) < 4.78 is 7.38. The van der Waals surface area contributed by atoms with E-state index in [0.29, 0.717) is 5.92 Å². The zero-order chi connectivity index (χ0) is 14.8. The number of anilines is 1. The Kier molecular flexibility index (Phi) is 3.75. The molecule has 2 aliphatic heterocycles. The maximum atomic E-state index is 5.42. The topological polar surface area (TPSA) is 84.8 Å². The molecule has 4 heterocycles. The lowest BCUT2D eigenvalue weighted by molar-refractivity contribution is 0.0596. The van der Waals surface area contributed by atoms with Crippen LogP contribution >= 0.6 is 0 Å². The van der Waals surface area contributed by atoms with E-state index in [9.17, 15) is 0 Å². The van der Waals surface area contributed by atoms with Crippen molar-refractivity contribution in [2.75, 3.05) is 24.7 Å². The average Bonchev–Trinajstić information content (AvgIpc) is 3.19.